The molecule has 1 heterocycles. The minimum Gasteiger partial charge on any atom is -0.497 e. The first kappa shape index (κ1) is 14.3. The highest BCUT2D eigenvalue weighted by atomic mass is 16.5. The monoisotopic (exact) mass is 279 g/mol. The Morgan fingerprint density at radius 1 is 1.10 bits per heavy atom. The minimum atomic E-state index is -1.02. The lowest BCUT2D eigenvalue weighted by Crippen LogP contribution is -2.52. The summed E-state index contributed by atoms with van der Waals surface area (Å²) in [5.41, 5.74) is 0.935. The van der Waals surface area contributed by atoms with E-state index in [0.29, 0.717) is 18.6 Å². The predicted molar refractivity (Wildman–Crippen MR) is 71.0 cm³/mol. The molecular weight excluding hydrogens is 262 g/mol. The molecule has 0 radical (unpaired) electrons. The number of carbonyl (C=O) groups is 2. The van der Waals surface area contributed by atoms with Gasteiger partial charge in [0.15, 0.2) is 0 Å². The van der Waals surface area contributed by atoms with Gasteiger partial charge in [0.25, 0.3) is 0 Å². The number of hydrogen-bond acceptors (Lipinski definition) is 4. The Morgan fingerprint density at radius 3 is 2.00 bits per heavy atom. The van der Waals surface area contributed by atoms with Crippen LogP contribution in [-0.2, 0) is 9.59 Å². The van der Waals surface area contributed by atoms with E-state index < -0.39 is 24.0 Å². The van der Waals surface area contributed by atoms with Crippen molar-refractivity contribution in [3.63, 3.8) is 0 Å². The van der Waals surface area contributed by atoms with Crippen LogP contribution in [0.4, 0.5) is 0 Å². The largest absolute Gasteiger partial charge is 0.497 e. The average Bonchev–Trinajstić information content (AvgIpc) is 2.46. The zero-order valence-corrected chi connectivity index (χ0v) is 11.1. The summed E-state index contributed by atoms with van der Waals surface area (Å²) in [5.74, 6) is -1.42. The molecule has 1 fully saturated rings. The number of carboxylic acid groups (broad SMARTS) is 2. The van der Waals surface area contributed by atoms with E-state index >= 15 is 0 Å². The number of ether oxygens (including phenoxy) is 1. The second kappa shape index (κ2) is 5.92. The molecule has 2 atom stereocenters. The molecule has 1 aliphatic rings. The molecule has 20 heavy (non-hydrogen) atoms. The van der Waals surface area contributed by atoms with E-state index in [1.165, 1.54) is 0 Å². The summed E-state index contributed by atoms with van der Waals surface area (Å²) in [7, 11) is 1.57. The van der Waals surface area contributed by atoms with Gasteiger partial charge in [0.05, 0.1) is 7.11 Å². The zero-order chi connectivity index (χ0) is 14.7. The molecule has 0 aromatic heterocycles. The van der Waals surface area contributed by atoms with Crippen molar-refractivity contribution in [2.45, 2.75) is 30.8 Å². The number of hydrogen-bond donors (Lipinski definition) is 3. The molecule has 0 spiro atoms. The van der Waals surface area contributed by atoms with E-state index in [9.17, 15) is 9.59 Å². The molecule has 2 unspecified atom stereocenters. The van der Waals surface area contributed by atoms with Crippen LogP contribution in [0.3, 0.4) is 0 Å². The average molecular weight is 279 g/mol. The molecule has 1 aromatic rings. The number of benzene rings is 1. The van der Waals surface area contributed by atoms with Gasteiger partial charge < -0.3 is 14.9 Å². The lowest BCUT2D eigenvalue weighted by atomic mass is 9.83. The van der Waals surface area contributed by atoms with Crippen LogP contribution in [0.15, 0.2) is 24.3 Å². The first-order chi connectivity index (χ1) is 9.51. The maximum Gasteiger partial charge on any atom is 0.320 e. The fourth-order valence-corrected chi connectivity index (χ4v) is 2.54. The second-order valence-corrected chi connectivity index (χ2v) is 4.89. The van der Waals surface area contributed by atoms with Gasteiger partial charge in [-0.2, -0.15) is 0 Å². The van der Waals surface area contributed by atoms with Crippen LogP contribution in [0.25, 0.3) is 0 Å². The number of carboxylic acids is 2. The molecule has 0 aliphatic carbocycles. The third-order valence-corrected chi connectivity index (χ3v) is 3.63. The molecule has 3 N–H and O–H groups in total. The number of nitrogens with one attached hydrogen (secondary N) is 1. The molecule has 108 valence electrons. The van der Waals surface area contributed by atoms with Crippen molar-refractivity contribution in [2.75, 3.05) is 7.11 Å². The van der Waals surface area contributed by atoms with E-state index in [4.69, 9.17) is 14.9 Å². The summed E-state index contributed by atoms with van der Waals surface area (Å²) in [6.07, 6.45) is 0.761. The summed E-state index contributed by atoms with van der Waals surface area (Å²) in [6, 6.07) is 5.62. The van der Waals surface area contributed by atoms with Crippen LogP contribution in [0.1, 0.15) is 24.3 Å². The van der Waals surface area contributed by atoms with Crippen LogP contribution in [-0.4, -0.2) is 41.3 Å². The van der Waals surface area contributed by atoms with E-state index in [-0.39, 0.29) is 5.92 Å². The van der Waals surface area contributed by atoms with E-state index in [2.05, 4.69) is 5.32 Å². The Morgan fingerprint density at radius 2 is 1.60 bits per heavy atom. The minimum absolute atomic E-state index is 0.0932. The lowest BCUT2D eigenvalue weighted by molar-refractivity contribution is -0.144. The SMILES string of the molecule is COc1ccc(C2CC(C(=O)O)NC(C(=O)O)C2)cc1. The van der Waals surface area contributed by atoms with E-state index in [0.717, 1.165) is 5.56 Å². The van der Waals surface area contributed by atoms with Crippen molar-refractivity contribution in [1.29, 1.82) is 0 Å². The Bertz CT molecular complexity index is 477. The first-order valence-electron chi connectivity index (χ1n) is 6.37. The molecular formula is C14H17NO5. The van der Waals surface area contributed by atoms with Crippen molar-refractivity contribution in [3.05, 3.63) is 29.8 Å². The van der Waals surface area contributed by atoms with Crippen molar-refractivity contribution in [3.8, 4) is 5.75 Å². The summed E-state index contributed by atoms with van der Waals surface area (Å²) in [6.45, 7) is 0. The van der Waals surface area contributed by atoms with Crippen molar-refractivity contribution in [1.82, 2.24) is 5.32 Å². The Hall–Kier alpha value is -2.08. The van der Waals surface area contributed by atoms with Gasteiger partial charge in [-0.15, -0.1) is 0 Å². The van der Waals surface area contributed by atoms with Gasteiger partial charge in [0, 0.05) is 0 Å². The quantitative estimate of drug-likeness (QED) is 0.763. The number of methoxy groups -OCH3 is 1. The maximum absolute atomic E-state index is 11.1. The van der Waals surface area contributed by atoms with E-state index in [1.54, 1.807) is 19.2 Å². The van der Waals surface area contributed by atoms with Crippen LogP contribution >= 0.6 is 0 Å². The van der Waals surface area contributed by atoms with Crippen molar-refractivity contribution in [2.24, 2.45) is 0 Å². The highest BCUT2D eigenvalue weighted by Crippen LogP contribution is 2.31. The van der Waals surface area contributed by atoms with Gasteiger partial charge in [-0.1, -0.05) is 12.1 Å². The van der Waals surface area contributed by atoms with Gasteiger partial charge >= 0.3 is 11.9 Å². The predicted octanol–water partition coefficient (Wildman–Crippen LogP) is 1.07. The van der Waals surface area contributed by atoms with Crippen LogP contribution in [0, 0.1) is 0 Å². The fourth-order valence-electron chi connectivity index (χ4n) is 2.54. The summed E-state index contributed by atoms with van der Waals surface area (Å²) >= 11 is 0. The van der Waals surface area contributed by atoms with Crippen LogP contribution in [0.5, 0.6) is 5.75 Å². The number of rotatable bonds is 4. The Labute approximate surface area is 116 Å². The van der Waals surface area contributed by atoms with Gasteiger partial charge in [0.1, 0.15) is 17.8 Å². The third-order valence-electron chi connectivity index (χ3n) is 3.63. The van der Waals surface area contributed by atoms with Crippen molar-refractivity contribution < 1.29 is 24.5 Å². The summed E-state index contributed by atoms with van der Waals surface area (Å²) in [5, 5.41) is 20.9. The topological polar surface area (TPSA) is 95.9 Å². The summed E-state index contributed by atoms with van der Waals surface area (Å²) < 4.78 is 5.07. The molecule has 1 saturated heterocycles. The molecule has 6 heteroatoms. The maximum atomic E-state index is 11.1. The third kappa shape index (κ3) is 3.08. The number of aliphatic carboxylic acids is 2. The van der Waals surface area contributed by atoms with Crippen LogP contribution in [0.2, 0.25) is 0 Å². The molecule has 1 aromatic carbocycles. The summed E-state index contributed by atoms with van der Waals surface area (Å²) in [4.78, 5) is 22.2. The lowest BCUT2D eigenvalue weighted by Gasteiger charge is -2.32. The van der Waals surface area contributed by atoms with Gasteiger partial charge in [0.2, 0.25) is 0 Å². The highest BCUT2D eigenvalue weighted by molar-refractivity contribution is 5.78. The molecule has 2 rings (SSSR count). The number of piperidine rings is 1. The van der Waals surface area contributed by atoms with E-state index in [1.807, 2.05) is 12.1 Å². The van der Waals surface area contributed by atoms with Crippen LogP contribution < -0.4 is 10.1 Å². The molecule has 6 nitrogen and oxygen atoms in total. The zero-order valence-electron chi connectivity index (χ0n) is 11.1. The van der Waals surface area contributed by atoms with Crippen molar-refractivity contribution >= 4 is 11.9 Å². The normalized spacial score (nSPS) is 25.9. The standard InChI is InChI=1S/C14H17NO5/c1-20-10-4-2-8(3-5-10)9-6-11(13(16)17)15-12(7-9)14(18)19/h2-5,9,11-12,15H,6-7H2,1H3,(H,16,17)(H,18,19). The molecule has 0 bridgehead atoms. The Balaban J connectivity index is 2.19. The van der Waals surface area contributed by atoms with Gasteiger partial charge in [-0.05, 0) is 36.5 Å². The second-order valence-electron chi connectivity index (χ2n) is 4.89. The van der Waals surface area contributed by atoms with Gasteiger partial charge in [-0.25, -0.2) is 0 Å². The fraction of sp³-hybridized carbons (Fsp3) is 0.429. The smallest absolute Gasteiger partial charge is 0.320 e. The molecule has 0 saturated carbocycles. The Kier molecular flexibility index (Phi) is 4.24. The van der Waals surface area contributed by atoms with Gasteiger partial charge in [-0.3, -0.25) is 14.9 Å². The molecule has 0 amide bonds. The first-order valence-corrected chi connectivity index (χ1v) is 6.37. The highest BCUT2D eigenvalue weighted by Gasteiger charge is 2.36. The molecule has 1 aliphatic heterocycles.